The van der Waals surface area contributed by atoms with Gasteiger partial charge in [-0.1, -0.05) is 12.8 Å². The lowest BCUT2D eigenvalue weighted by atomic mass is 9.93. The molecule has 1 fully saturated rings. The lowest BCUT2D eigenvalue weighted by molar-refractivity contribution is 0.116. The van der Waals surface area contributed by atoms with Crippen LogP contribution in [0.15, 0.2) is 12.1 Å². The second-order valence-corrected chi connectivity index (χ2v) is 3.95. The minimum Gasteiger partial charge on any atom is -0.391 e. The molecule has 0 saturated heterocycles. The van der Waals surface area contributed by atoms with E-state index in [4.69, 9.17) is 5.73 Å². The summed E-state index contributed by atoms with van der Waals surface area (Å²) < 4.78 is 0. The summed E-state index contributed by atoms with van der Waals surface area (Å²) in [5, 5.41) is 20.6. The van der Waals surface area contributed by atoms with Crippen LogP contribution in [0.25, 0.3) is 0 Å². The van der Waals surface area contributed by atoms with E-state index in [0.29, 0.717) is 11.6 Å². The summed E-state index contributed by atoms with van der Waals surface area (Å²) in [4.78, 5) is 0. The van der Waals surface area contributed by atoms with Gasteiger partial charge in [-0.3, -0.25) is 0 Å². The third-order valence-electron chi connectivity index (χ3n) is 2.75. The van der Waals surface area contributed by atoms with Crippen molar-refractivity contribution in [1.29, 1.82) is 0 Å². The fourth-order valence-corrected chi connectivity index (χ4v) is 1.89. The Labute approximate surface area is 88.7 Å². The van der Waals surface area contributed by atoms with E-state index in [0.717, 1.165) is 25.7 Å². The molecule has 15 heavy (non-hydrogen) atoms. The number of nitrogens with one attached hydrogen (secondary N) is 1. The zero-order valence-corrected chi connectivity index (χ0v) is 8.56. The zero-order chi connectivity index (χ0) is 10.7. The van der Waals surface area contributed by atoms with Gasteiger partial charge in [0, 0.05) is 0 Å². The van der Waals surface area contributed by atoms with Crippen LogP contribution in [0.2, 0.25) is 0 Å². The molecular weight excluding hydrogens is 192 g/mol. The topological polar surface area (TPSA) is 84.1 Å². The van der Waals surface area contributed by atoms with Gasteiger partial charge in [-0.15, -0.1) is 10.2 Å². The molecule has 2 rings (SSSR count). The van der Waals surface area contributed by atoms with E-state index in [-0.39, 0.29) is 12.1 Å². The maximum absolute atomic E-state index is 9.75. The second kappa shape index (κ2) is 4.44. The number of aliphatic hydroxyl groups is 1. The third-order valence-corrected chi connectivity index (χ3v) is 2.75. The lowest BCUT2D eigenvalue weighted by Gasteiger charge is -2.28. The van der Waals surface area contributed by atoms with Crippen LogP contribution in [0.5, 0.6) is 0 Å². The summed E-state index contributed by atoms with van der Waals surface area (Å²) >= 11 is 0. The quantitative estimate of drug-likeness (QED) is 0.668. The van der Waals surface area contributed by atoms with Crippen LogP contribution in [0.1, 0.15) is 25.7 Å². The van der Waals surface area contributed by atoms with Crippen molar-refractivity contribution >= 4 is 11.6 Å². The molecule has 4 N–H and O–H groups in total. The van der Waals surface area contributed by atoms with Crippen molar-refractivity contribution in [2.24, 2.45) is 0 Å². The van der Waals surface area contributed by atoms with Crippen LogP contribution in [0.4, 0.5) is 11.6 Å². The molecule has 1 heterocycles. The van der Waals surface area contributed by atoms with Gasteiger partial charge in [0.2, 0.25) is 0 Å². The van der Waals surface area contributed by atoms with Gasteiger partial charge < -0.3 is 16.2 Å². The molecule has 1 aliphatic rings. The Hall–Kier alpha value is -1.36. The molecule has 0 spiro atoms. The summed E-state index contributed by atoms with van der Waals surface area (Å²) in [5.41, 5.74) is 5.44. The molecule has 1 aromatic heterocycles. The minimum atomic E-state index is -0.280. The van der Waals surface area contributed by atoms with E-state index in [1.807, 2.05) is 0 Å². The van der Waals surface area contributed by atoms with Crippen LogP contribution in [0.3, 0.4) is 0 Å². The van der Waals surface area contributed by atoms with Gasteiger partial charge in [0.15, 0.2) is 0 Å². The monoisotopic (exact) mass is 208 g/mol. The number of nitrogens with zero attached hydrogens (tertiary/aromatic N) is 2. The average molecular weight is 208 g/mol. The minimum absolute atomic E-state index is 0.0941. The number of aliphatic hydroxyl groups excluding tert-OH is 1. The molecule has 0 aromatic carbocycles. The van der Waals surface area contributed by atoms with Crippen molar-refractivity contribution in [1.82, 2.24) is 10.2 Å². The van der Waals surface area contributed by atoms with Crippen LogP contribution < -0.4 is 11.1 Å². The SMILES string of the molecule is Nc1ccc(NC2CCCCC2O)nn1. The van der Waals surface area contributed by atoms with Crippen molar-refractivity contribution in [3.63, 3.8) is 0 Å². The van der Waals surface area contributed by atoms with Gasteiger partial charge in [0.05, 0.1) is 12.1 Å². The number of rotatable bonds is 2. The summed E-state index contributed by atoms with van der Waals surface area (Å²) in [6.07, 6.45) is 3.81. The fourth-order valence-electron chi connectivity index (χ4n) is 1.89. The van der Waals surface area contributed by atoms with E-state index in [1.165, 1.54) is 0 Å². The van der Waals surface area contributed by atoms with E-state index < -0.39 is 0 Å². The van der Waals surface area contributed by atoms with Gasteiger partial charge in [-0.2, -0.15) is 0 Å². The molecule has 1 aromatic rings. The Morgan fingerprint density at radius 2 is 2.07 bits per heavy atom. The largest absolute Gasteiger partial charge is 0.391 e. The van der Waals surface area contributed by atoms with E-state index >= 15 is 0 Å². The molecule has 0 bridgehead atoms. The smallest absolute Gasteiger partial charge is 0.149 e. The Morgan fingerprint density at radius 3 is 2.73 bits per heavy atom. The van der Waals surface area contributed by atoms with Crippen LogP contribution in [0, 0.1) is 0 Å². The van der Waals surface area contributed by atoms with E-state index in [2.05, 4.69) is 15.5 Å². The van der Waals surface area contributed by atoms with Crippen molar-refractivity contribution < 1.29 is 5.11 Å². The number of anilines is 2. The highest BCUT2D eigenvalue weighted by Crippen LogP contribution is 2.21. The molecule has 82 valence electrons. The van der Waals surface area contributed by atoms with Crippen LogP contribution in [-0.4, -0.2) is 27.4 Å². The molecule has 2 atom stereocenters. The Bertz CT molecular complexity index is 314. The first-order valence-electron chi connectivity index (χ1n) is 5.29. The predicted molar refractivity (Wildman–Crippen MR) is 58.3 cm³/mol. The molecule has 1 saturated carbocycles. The Morgan fingerprint density at radius 1 is 1.27 bits per heavy atom. The molecule has 1 aliphatic carbocycles. The van der Waals surface area contributed by atoms with Crippen molar-refractivity contribution in [3.8, 4) is 0 Å². The Kier molecular flexibility index (Phi) is 3.01. The van der Waals surface area contributed by atoms with Gasteiger partial charge in [-0.25, -0.2) is 0 Å². The summed E-state index contributed by atoms with van der Waals surface area (Å²) in [6, 6.07) is 3.57. The number of nitrogen functional groups attached to an aromatic ring is 1. The molecule has 0 aliphatic heterocycles. The number of hydrogen-bond donors (Lipinski definition) is 3. The van der Waals surface area contributed by atoms with Crippen LogP contribution in [-0.2, 0) is 0 Å². The number of nitrogens with two attached hydrogens (primary N) is 1. The molecule has 5 nitrogen and oxygen atoms in total. The maximum Gasteiger partial charge on any atom is 0.149 e. The van der Waals surface area contributed by atoms with Gasteiger partial charge >= 0.3 is 0 Å². The van der Waals surface area contributed by atoms with Gasteiger partial charge in [0.1, 0.15) is 11.6 Å². The first-order chi connectivity index (χ1) is 7.25. The predicted octanol–water partition coefficient (Wildman–Crippen LogP) is 0.774. The van der Waals surface area contributed by atoms with Gasteiger partial charge in [0.25, 0.3) is 0 Å². The molecular formula is C10H16N4O. The number of hydrogen-bond acceptors (Lipinski definition) is 5. The van der Waals surface area contributed by atoms with E-state index in [9.17, 15) is 5.11 Å². The first kappa shape index (κ1) is 10.2. The zero-order valence-electron chi connectivity index (χ0n) is 8.56. The summed E-state index contributed by atoms with van der Waals surface area (Å²) in [6.45, 7) is 0. The number of aromatic nitrogens is 2. The van der Waals surface area contributed by atoms with Crippen LogP contribution >= 0.6 is 0 Å². The highest BCUT2D eigenvalue weighted by Gasteiger charge is 2.22. The average Bonchev–Trinajstić information content (AvgIpc) is 2.25. The molecule has 5 heteroatoms. The first-order valence-corrected chi connectivity index (χ1v) is 5.29. The highest BCUT2D eigenvalue weighted by atomic mass is 16.3. The lowest BCUT2D eigenvalue weighted by Crippen LogP contribution is -2.36. The maximum atomic E-state index is 9.75. The Balaban J connectivity index is 1.98. The molecule has 0 amide bonds. The molecule has 2 unspecified atom stereocenters. The summed E-state index contributed by atoms with van der Waals surface area (Å²) in [7, 11) is 0. The fraction of sp³-hybridized carbons (Fsp3) is 0.600. The van der Waals surface area contributed by atoms with Crippen molar-refractivity contribution in [2.75, 3.05) is 11.1 Å². The normalized spacial score (nSPS) is 26.2. The van der Waals surface area contributed by atoms with Crippen molar-refractivity contribution in [2.45, 2.75) is 37.8 Å². The summed E-state index contributed by atoms with van der Waals surface area (Å²) in [5.74, 6) is 1.08. The van der Waals surface area contributed by atoms with Crippen molar-refractivity contribution in [3.05, 3.63) is 12.1 Å². The highest BCUT2D eigenvalue weighted by molar-refractivity contribution is 5.39. The van der Waals surface area contributed by atoms with E-state index in [1.54, 1.807) is 12.1 Å². The molecule has 0 radical (unpaired) electrons. The third kappa shape index (κ3) is 2.56. The second-order valence-electron chi connectivity index (χ2n) is 3.95. The standard InChI is InChI=1S/C10H16N4O/c11-9-5-6-10(14-13-9)12-7-3-1-2-4-8(7)15/h5-8,15H,1-4H2,(H2,11,13)(H,12,14). The van der Waals surface area contributed by atoms with Gasteiger partial charge in [-0.05, 0) is 25.0 Å².